The molecule has 2 fully saturated rings. The molecule has 3 aliphatic rings. The Morgan fingerprint density at radius 3 is 2.47 bits per heavy atom. The maximum atomic E-state index is 13.4. The number of hydrogen-bond donors (Lipinski definition) is 4. The lowest BCUT2D eigenvalue weighted by atomic mass is 10.1. The zero-order valence-corrected chi connectivity index (χ0v) is 21.7. The number of hydrogen-bond acceptors (Lipinski definition) is 7. The number of hydrazine groups is 2. The van der Waals surface area contributed by atoms with Crippen molar-refractivity contribution in [1.29, 1.82) is 0 Å². The molecule has 0 unspecified atom stereocenters. The molecular formula is C28H36FN7O2. The molecule has 1 saturated carbocycles. The summed E-state index contributed by atoms with van der Waals surface area (Å²) in [7, 11) is 2.05. The van der Waals surface area contributed by atoms with Gasteiger partial charge in [-0.2, -0.15) is 0 Å². The van der Waals surface area contributed by atoms with Crippen molar-refractivity contribution in [2.24, 2.45) is 0 Å². The number of nitrogens with zero attached hydrogens (tertiary/aromatic N) is 3. The summed E-state index contributed by atoms with van der Waals surface area (Å²) < 4.78 is 13.2. The van der Waals surface area contributed by atoms with Gasteiger partial charge < -0.3 is 25.9 Å². The molecule has 5 rings (SSSR count). The van der Waals surface area contributed by atoms with Gasteiger partial charge in [0.25, 0.3) is 5.91 Å². The van der Waals surface area contributed by atoms with Crippen molar-refractivity contribution in [3.05, 3.63) is 77.9 Å². The van der Waals surface area contributed by atoms with Gasteiger partial charge in [0.15, 0.2) is 0 Å². The Bertz CT molecular complexity index is 1130. The van der Waals surface area contributed by atoms with Crippen LogP contribution in [0.1, 0.15) is 41.1 Å². The van der Waals surface area contributed by atoms with Gasteiger partial charge in [-0.15, -0.1) is 5.53 Å². The molecule has 3 atom stereocenters. The molecule has 0 radical (unpaired) electrons. The molecule has 0 bridgehead atoms. The van der Waals surface area contributed by atoms with E-state index in [4.69, 9.17) is 0 Å². The largest absolute Gasteiger partial charge is 0.340 e. The number of amides is 2. The third-order valence-electron chi connectivity index (χ3n) is 7.48. The van der Waals surface area contributed by atoms with Crippen LogP contribution >= 0.6 is 0 Å². The van der Waals surface area contributed by atoms with E-state index in [1.54, 1.807) is 23.3 Å². The number of halogens is 1. The molecule has 0 spiro atoms. The van der Waals surface area contributed by atoms with Crippen molar-refractivity contribution in [3.8, 4) is 0 Å². The van der Waals surface area contributed by atoms with Gasteiger partial charge in [0.2, 0.25) is 5.91 Å². The van der Waals surface area contributed by atoms with Gasteiger partial charge in [-0.25, -0.2) is 4.39 Å². The number of benzene rings is 2. The van der Waals surface area contributed by atoms with Crippen molar-refractivity contribution in [3.63, 3.8) is 0 Å². The molecule has 1 saturated heterocycles. The Morgan fingerprint density at radius 1 is 1.05 bits per heavy atom. The minimum absolute atomic E-state index is 0.0174. The molecule has 38 heavy (non-hydrogen) atoms. The number of likely N-dealkylation sites (N-methyl/N-ethyl adjacent to an activating group) is 1. The fourth-order valence-corrected chi connectivity index (χ4v) is 5.02. The monoisotopic (exact) mass is 521 g/mol. The maximum Gasteiger partial charge on any atom is 0.251 e. The fourth-order valence-electron chi connectivity index (χ4n) is 5.02. The first-order valence-corrected chi connectivity index (χ1v) is 13.3. The Kier molecular flexibility index (Phi) is 8.21. The fraction of sp³-hybridized carbons (Fsp3) is 0.429. The topological polar surface area (TPSA) is 92.0 Å². The van der Waals surface area contributed by atoms with E-state index in [2.05, 4.69) is 33.5 Å². The third-order valence-corrected chi connectivity index (χ3v) is 7.48. The second-order valence-electron chi connectivity index (χ2n) is 10.2. The normalized spacial score (nSPS) is 21.7. The van der Waals surface area contributed by atoms with E-state index in [-0.39, 0.29) is 17.6 Å². The lowest BCUT2D eigenvalue weighted by molar-refractivity contribution is -0.135. The maximum absolute atomic E-state index is 13.4. The average molecular weight is 522 g/mol. The molecule has 10 heteroatoms. The van der Waals surface area contributed by atoms with Crippen LogP contribution in [0.5, 0.6) is 0 Å². The van der Waals surface area contributed by atoms with Gasteiger partial charge in [-0.1, -0.05) is 12.1 Å². The van der Waals surface area contributed by atoms with Crippen LogP contribution in [0.4, 0.5) is 10.1 Å². The predicted molar refractivity (Wildman–Crippen MR) is 144 cm³/mol. The Balaban J connectivity index is 1.15. The number of anilines is 1. The summed E-state index contributed by atoms with van der Waals surface area (Å²) in [6.45, 7) is 3.75. The number of piperazine rings is 1. The van der Waals surface area contributed by atoms with E-state index >= 15 is 0 Å². The highest BCUT2D eigenvalue weighted by molar-refractivity contribution is 5.97. The molecule has 2 aromatic rings. The highest BCUT2D eigenvalue weighted by Gasteiger charge is 2.37. The second kappa shape index (κ2) is 11.9. The summed E-state index contributed by atoms with van der Waals surface area (Å²) >= 11 is 0. The molecule has 2 heterocycles. The first-order chi connectivity index (χ1) is 18.5. The number of rotatable bonds is 10. The zero-order valence-electron chi connectivity index (χ0n) is 21.7. The summed E-state index contributed by atoms with van der Waals surface area (Å²) in [5.74, 6) is -0.0798. The molecular weight excluding hydrogens is 485 g/mol. The van der Waals surface area contributed by atoms with Gasteiger partial charge in [0.1, 0.15) is 11.9 Å². The van der Waals surface area contributed by atoms with Gasteiger partial charge in [-0.05, 0) is 74.8 Å². The standard InChI is InChI=1S/C28H36FN7O2/c1-34-15-17-35(18-16-34)28(38)25(3-2-12-30-26-19-24(26)20-4-8-22(29)9-5-20)32-27(37)21-6-10-23(11-7-21)36-14-13-31-33-36/h4-11,13-14,24-26,30-31,33H,2-3,12,15-19H2,1H3,(H,32,37)/t24-,25-,26-/m1/s1. The SMILES string of the molecule is CN1CCN(C(=O)[C@@H](CCCN[C@@H]2C[C@@H]2c2ccc(F)cc2)NC(=O)c2ccc(N3C=CNN3)cc2)CC1. The molecule has 202 valence electrons. The molecule has 2 aromatic carbocycles. The predicted octanol–water partition coefficient (Wildman–Crippen LogP) is 1.92. The highest BCUT2D eigenvalue weighted by atomic mass is 19.1. The number of carbonyl (C=O) groups is 2. The van der Waals surface area contributed by atoms with Crippen molar-refractivity contribution in [1.82, 2.24) is 31.4 Å². The van der Waals surface area contributed by atoms with Gasteiger partial charge >= 0.3 is 0 Å². The van der Waals surface area contributed by atoms with Crippen LogP contribution < -0.4 is 26.6 Å². The first-order valence-electron chi connectivity index (χ1n) is 13.3. The van der Waals surface area contributed by atoms with Crippen LogP contribution in [-0.4, -0.2) is 73.5 Å². The van der Waals surface area contributed by atoms with E-state index in [0.717, 1.165) is 43.7 Å². The van der Waals surface area contributed by atoms with E-state index in [1.807, 2.05) is 35.4 Å². The minimum Gasteiger partial charge on any atom is -0.340 e. The molecule has 0 aromatic heterocycles. The van der Waals surface area contributed by atoms with Gasteiger partial charge in [0, 0.05) is 56.1 Å². The summed E-state index contributed by atoms with van der Waals surface area (Å²) in [4.78, 5) is 30.6. The van der Waals surface area contributed by atoms with E-state index < -0.39 is 6.04 Å². The molecule has 1 aliphatic carbocycles. The van der Waals surface area contributed by atoms with E-state index in [9.17, 15) is 14.0 Å². The summed E-state index contributed by atoms with van der Waals surface area (Å²) in [6.07, 6.45) is 5.97. The quantitative estimate of drug-likeness (QED) is 0.355. The lowest BCUT2D eigenvalue weighted by Gasteiger charge is -2.34. The van der Waals surface area contributed by atoms with E-state index in [1.165, 1.54) is 12.1 Å². The van der Waals surface area contributed by atoms with Gasteiger partial charge in [0.05, 0.1) is 5.69 Å². The average Bonchev–Trinajstić information content (AvgIpc) is 3.49. The zero-order chi connectivity index (χ0) is 26.5. The molecule has 9 nitrogen and oxygen atoms in total. The highest BCUT2D eigenvalue weighted by Crippen LogP contribution is 2.40. The van der Waals surface area contributed by atoms with Gasteiger partial charge in [-0.3, -0.25) is 14.6 Å². The van der Waals surface area contributed by atoms with Crippen LogP contribution in [0.25, 0.3) is 0 Å². The number of carbonyl (C=O) groups excluding carboxylic acids is 2. The van der Waals surface area contributed by atoms with Crippen molar-refractivity contribution >= 4 is 17.5 Å². The van der Waals surface area contributed by atoms with E-state index in [0.29, 0.717) is 37.0 Å². The summed E-state index contributed by atoms with van der Waals surface area (Å²) in [5, 5.41) is 8.37. The Morgan fingerprint density at radius 2 is 1.79 bits per heavy atom. The van der Waals surface area contributed by atoms with Crippen LogP contribution in [0, 0.1) is 5.82 Å². The summed E-state index contributed by atoms with van der Waals surface area (Å²) in [5.41, 5.74) is 8.39. The lowest BCUT2D eigenvalue weighted by Crippen LogP contribution is -2.54. The Labute approximate surface area is 223 Å². The number of nitrogens with one attached hydrogen (secondary N) is 4. The van der Waals surface area contributed by atoms with Crippen molar-refractivity contribution in [2.45, 2.75) is 37.3 Å². The van der Waals surface area contributed by atoms with Crippen molar-refractivity contribution in [2.75, 3.05) is 44.8 Å². The van der Waals surface area contributed by atoms with Crippen molar-refractivity contribution < 1.29 is 14.0 Å². The first kappa shape index (κ1) is 26.1. The second-order valence-corrected chi connectivity index (χ2v) is 10.2. The molecule has 2 amide bonds. The van der Waals surface area contributed by atoms with Crippen LogP contribution in [0.15, 0.2) is 60.9 Å². The Hall–Kier alpha value is -3.47. The van der Waals surface area contributed by atoms with Crippen LogP contribution in [0.2, 0.25) is 0 Å². The minimum atomic E-state index is -0.577. The smallest absolute Gasteiger partial charge is 0.251 e. The third kappa shape index (κ3) is 6.50. The molecule has 4 N–H and O–H groups in total. The molecule has 2 aliphatic heterocycles. The van der Waals surface area contributed by atoms with Crippen LogP contribution in [-0.2, 0) is 4.79 Å². The van der Waals surface area contributed by atoms with Crippen LogP contribution in [0.3, 0.4) is 0 Å². The summed E-state index contributed by atoms with van der Waals surface area (Å²) in [6, 6.07) is 13.7.